The van der Waals surface area contributed by atoms with Gasteiger partial charge in [0.25, 0.3) is 5.91 Å². The van der Waals surface area contributed by atoms with E-state index in [0.29, 0.717) is 18.2 Å². The Morgan fingerprint density at radius 1 is 1.39 bits per heavy atom. The molecule has 1 aromatic carbocycles. The molecule has 0 atom stereocenters. The minimum absolute atomic E-state index is 0.0552. The number of benzene rings is 1. The molecule has 1 rings (SSSR count). The van der Waals surface area contributed by atoms with Gasteiger partial charge in [-0.1, -0.05) is 15.9 Å². The minimum Gasteiger partial charge on any atom is -0.351 e. The fourth-order valence-corrected chi connectivity index (χ4v) is 2.16. The fraction of sp³-hybridized carbons (Fsp3) is 0.462. The van der Waals surface area contributed by atoms with Gasteiger partial charge in [0.05, 0.1) is 5.56 Å². The third-order valence-electron chi connectivity index (χ3n) is 2.80. The van der Waals surface area contributed by atoms with Gasteiger partial charge in [0.15, 0.2) is 0 Å². The monoisotopic (exact) mass is 376 g/mol. The standard InChI is InChI=1S/C13H18Br2N2O/c1-9(2)17(3)7-6-16-13(18)11-8-10(14)4-5-12(11)15/h4-5,8-9H,6-7H2,1-3H3,(H,16,18). The van der Waals surface area contributed by atoms with Crippen LogP contribution >= 0.6 is 31.9 Å². The van der Waals surface area contributed by atoms with Crippen molar-refractivity contribution in [2.24, 2.45) is 0 Å². The molecule has 0 aliphatic carbocycles. The van der Waals surface area contributed by atoms with E-state index in [2.05, 4.69) is 55.9 Å². The molecule has 0 radical (unpaired) electrons. The molecule has 5 heteroatoms. The summed E-state index contributed by atoms with van der Waals surface area (Å²) in [4.78, 5) is 14.2. The van der Waals surface area contributed by atoms with Crippen LogP contribution in [0.3, 0.4) is 0 Å². The highest BCUT2D eigenvalue weighted by Gasteiger charge is 2.10. The van der Waals surface area contributed by atoms with E-state index in [1.165, 1.54) is 0 Å². The van der Waals surface area contributed by atoms with E-state index < -0.39 is 0 Å². The van der Waals surface area contributed by atoms with Gasteiger partial charge in [-0.3, -0.25) is 4.79 Å². The average molecular weight is 378 g/mol. The third-order valence-corrected chi connectivity index (χ3v) is 3.99. The Hall–Kier alpha value is -0.390. The van der Waals surface area contributed by atoms with E-state index in [4.69, 9.17) is 0 Å². The van der Waals surface area contributed by atoms with E-state index >= 15 is 0 Å². The van der Waals surface area contributed by atoms with Crippen molar-refractivity contribution >= 4 is 37.8 Å². The molecule has 0 unspecified atom stereocenters. The summed E-state index contributed by atoms with van der Waals surface area (Å²) in [6.45, 7) is 5.75. The zero-order chi connectivity index (χ0) is 13.7. The summed E-state index contributed by atoms with van der Waals surface area (Å²) in [7, 11) is 2.05. The summed E-state index contributed by atoms with van der Waals surface area (Å²) in [6, 6.07) is 6.05. The van der Waals surface area contributed by atoms with Crippen molar-refractivity contribution in [2.45, 2.75) is 19.9 Å². The third kappa shape index (κ3) is 4.71. The quantitative estimate of drug-likeness (QED) is 0.853. The second kappa shape index (κ2) is 7.26. The lowest BCUT2D eigenvalue weighted by Gasteiger charge is -2.20. The van der Waals surface area contributed by atoms with Gasteiger partial charge >= 0.3 is 0 Å². The van der Waals surface area contributed by atoms with E-state index in [1.807, 2.05) is 25.2 Å². The summed E-state index contributed by atoms with van der Waals surface area (Å²) in [5, 5.41) is 2.92. The lowest BCUT2D eigenvalue weighted by Crippen LogP contribution is -2.36. The van der Waals surface area contributed by atoms with Crippen molar-refractivity contribution in [1.82, 2.24) is 10.2 Å². The van der Waals surface area contributed by atoms with Crippen LogP contribution in [0, 0.1) is 0 Å². The van der Waals surface area contributed by atoms with Crippen molar-refractivity contribution in [2.75, 3.05) is 20.1 Å². The molecule has 0 saturated heterocycles. The number of likely N-dealkylation sites (N-methyl/N-ethyl adjacent to an activating group) is 1. The average Bonchev–Trinajstić information content (AvgIpc) is 2.31. The molecular weight excluding hydrogens is 360 g/mol. The molecule has 0 aliphatic heterocycles. The Morgan fingerprint density at radius 3 is 2.67 bits per heavy atom. The van der Waals surface area contributed by atoms with Gasteiger partial charge in [0.1, 0.15) is 0 Å². The highest BCUT2D eigenvalue weighted by molar-refractivity contribution is 9.11. The van der Waals surface area contributed by atoms with Crippen LogP contribution < -0.4 is 5.32 Å². The molecule has 0 aliphatic rings. The molecule has 18 heavy (non-hydrogen) atoms. The molecule has 0 aromatic heterocycles. The summed E-state index contributed by atoms with van der Waals surface area (Å²) < 4.78 is 1.70. The summed E-state index contributed by atoms with van der Waals surface area (Å²) in [5.41, 5.74) is 0.650. The Balaban J connectivity index is 2.53. The summed E-state index contributed by atoms with van der Waals surface area (Å²) >= 11 is 6.75. The molecule has 0 spiro atoms. The number of hydrogen-bond acceptors (Lipinski definition) is 2. The van der Waals surface area contributed by atoms with Gasteiger partial charge in [-0.25, -0.2) is 0 Å². The Bertz CT molecular complexity index is 421. The molecule has 0 saturated carbocycles. The topological polar surface area (TPSA) is 32.3 Å². The highest BCUT2D eigenvalue weighted by Crippen LogP contribution is 2.21. The van der Waals surface area contributed by atoms with E-state index in [-0.39, 0.29) is 5.91 Å². The van der Waals surface area contributed by atoms with Gasteiger partial charge in [0.2, 0.25) is 0 Å². The minimum atomic E-state index is -0.0552. The lowest BCUT2D eigenvalue weighted by molar-refractivity contribution is 0.0947. The van der Waals surface area contributed by atoms with Crippen LogP contribution in [0.5, 0.6) is 0 Å². The van der Waals surface area contributed by atoms with Gasteiger partial charge in [-0.05, 0) is 55.0 Å². The Labute approximate surface area is 125 Å². The van der Waals surface area contributed by atoms with Crippen LogP contribution in [-0.2, 0) is 0 Å². The molecule has 0 bridgehead atoms. The van der Waals surface area contributed by atoms with Crippen LogP contribution in [0.1, 0.15) is 24.2 Å². The normalized spacial score (nSPS) is 11.1. The number of carbonyl (C=O) groups excluding carboxylic acids is 1. The van der Waals surface area contributed by atoms with Crippen molar-refractivity contribution in [3.05, 3.63) is 32.7 Å². The number of nitrogens with one attached hydrogen (secondary N) is 1. The van der Waals surface area contributed by atoms with Crippen LogP contribution in [0.2, 0.25) is 0 Å². The molecule has 1 N–H and O–H groups in total. The summed E-state index contributed by atoms with van der Waals surface area (Å²) in [5.74, 6) is -0.0552. The van der Waals surface area contributed by atoms with Crippen LogP contribution in [-0.4, -0.2) is 37.0 Å². The highest BCUT2D eigenvalue weighted by atomic mass is 79.9. The number of hydrogen-bond donors (Lipinski definition) is 1. The largest absolute Gasteiger partial charge is 0.351 e. The fourth-order valence-electron chi connectivity index (χ4n) is 1.37. The maximum Gasteiger partial charge on any atom is 0.252 e. The predicted octanol–water partition coefficient (Wildman–Crippen LogP) is 3.28. The van der Waals surface area contributed by atoms with E-state index in [9.17, 15) is 4.79 Å². The molecule has 0 heterocycles. The van der Waals surface area contributed by atoms with Gasteiger partial charge in [0, 0.05) is 28.1 Å². The SMILES string of the molecule is CC(C)N(C)CCNC(=O)c1cc(Br)ccc1Br. The first-order chi connectivity index (χ1) is 8.41. The van der Waals surface area contributed by atoms with Gasteiger partial charge < -0.3 is 10.2 Å². The van der Waals surface area contributed by atoms with E-state index in [1.54, 1.807) is 0 Å². The van der Waals surface area contributed by atoms with Gasteiger partial charge in [-0.2, -0.15) is 0 Å². The number of carbonyl (C=O) groups is 1. The molecular formula is C13H18Br2N2O. The maximum absolute atomic E-state index is 12.0. The number of amides is 1. The van der Waals surface area contributed by atoms with Crippen molar-refractivity contribution in [1.29, 1.82) is 0 Å². The van der Waals surface area contributed by atoms with Crippen LogP contribution in [0.15, 0.2) is 27.1 Å². The Kier molecular flexibility index (Phi) is 6.32. The van der Waals surface area contributed by atoms with Crippen LogP contribution in [0.25, 0.3) is 0 Å². The lowest BCUT2D eigenvalue weighted by atomic mass is 10.2. The first-order valence-corrected chi connectivity index (χ1v) is 7.44. The van der Waals surface area contributed by atoms with E-state index in [0.717, 1.165) is 15.5 Å². The maximum atomic E-state index is 12.0. The van der Waals surface area contributed by atoms with Crippen molar-refractivity contribution < 1.29 is 4.79 Å². The second-order valence-corrected chi connectivity index (χ2v) is 6.22. The zero-order valence-electron chi connectivity index (χ0n) is 10.8. The number of halogens is 2. The molecule has 0 fully saturated rings. The van der Waals surface area contributed by atoms with Gasteiger partial charge in [-0.15, -0.1) is 0 Å². The first kappa shape index (κ1) is 15.7. The number of nitrogens with zero attached hydrogens (tertiary/aromatic N) is 1. The first-order valence-electron chi connectivity index (χ1n) is 5.85. The second-order valence-electron chi connectivity index (χ2n) is 4.45. The molecule has 1 aromatic rings. The molecule has 3 nitrogen and oxygen atoms in total. The molecule has 100 valence electrons. The van der Waals surface area contributed by atoms with Crippen molar-refractivity contribution in [3.8, 4) is 0 Å². The number of rotatable bonds is 5. The summed E-state index contributed by atoms with van der Waals surface area (Å²) in [6.07, 6.45) is 0. The predicted molar refractivity (Wildman–Crippen MR) is 81.9 cm³/mol. The smallest absolute Gasteiger partial charge is 0.252 e. The van der Waals surface area contributed by atoms with Crippen molar-refractivity contribution in [3.63, 3.8) is 0 Å². The molecule has 1 amide bonds. The van der Waals surface area contributed by atoms with Crippen LogP contribution in [0.4, 0.5) is 0 Å². The Morgan fingerprint density at radius 2 is 2.06 bits per heavy atom. The zero-order valence-corrected chi connectivity index (χ0v) is 14.0.